The summed E-state index contributed by atoms with van der Waals surface area (Å²) in [6.07, 6.45) is -0.946. The van der Waals surface area contributed by atoms with Gasteiger partial charge in [-0.15, -0.1) is 0 Å². The summed E-state index contributed by atoms with van der Waals surface area (Å²) >= 11 is 0. The largest absolute Gasteiger partial charge is 0.493 e. The van der Waals surface area contributed by atoms with Gasteiger partial charge in [0, 0.05) is 16.7 Å². The van der Waals surface area contributed by atoms with Gasteiger partial charge in [0.2, 0.25) is 11.7 Å². The summed E-state index contributed by atoms with van der Waals surface area (Å²) in [5.41, 5.74) is 1.14. The van der Waals surface area contributed by atoms with Crippen LogP contribution in [0.4, 0.5) is 5.69 Å². The summed E-state index contributed by atoms with van der Waals surface area (Å²) in [5, 5.41) is 2.80. The van der Waals surface area contributed by atoms with Crippen LogP contribution in [0.1, 0.15) is 43.6 Å². The SMILES string of the molecule is COc1ccc(CC(=O)O[C@H](C)C(=O)c2ccc(NC(=O)C(C)(C)C)cc2)cc1OC. The van der Waals surface area contributed by atoms with Crippen molar-refractivity contribution in [2.75, 3.05) is 19.5 Å². The van der Waals surface area contributed by atoms with Gasteiger partial charge in [-0.05, 0) is 48.9 Å². The Hall–Kier alpha value is -3.35. The Balaban J connectivity index is 1.97. The highest BCUT2D eigenvalue weighted by molar-refractivity contribution is 6.01. The minimum Gasteiger partial charge on any atom is -0.493 e. The van der Waals surface area contributed by atoms with Crippen molar-refractivity contribution in [3.63, 3.8) is 0 Å². The average Bonchev–Trinajstić information content (AvgIpc) is 2.72. The number of nitrogens with one attached hydrogen (secondary N) is 1. The molecule has 2 rings (SSSR count). The monoisotopic (exact) mass is 427 g/mol. The number of carbonyl (C=O) groups excluding carboxylic acids is 3. The number of amides is 1. The number of rotatable bonds is 8. The molecule has 0 saturated heterocycles. The van der Waals surface area contributed by atoms with Crippen LogP contribution in [0, 0.1) is 5.41 Å². The molecule has 166 valence electrons. The molecule has 0 fully saturated rings. The van der Waals surface area contributed by atoms with Gasteiger partial charge in [-0.25, -0.2) is 0 Å². The summed E-state index contributed by atoms with van der Waals surface area (Å²) in [4.78, 5) is 37.0. The second-order valence-corrected chi connectivity index (χ2v) is 8.14. The van der Waals surface area contributed by atoms with E-state index in [1.165, 1.54) is 21.1 Å². The molecule has 1 amide bonds. The molecule has 0 saturated carbocycles. The molecular formula is C24H29NO6. The van der Waals surface area contributed by atoms with Crippen molar-refractivity contribution in [3.05, 3.63) is 53.6 Å². The van der Waals surface area contributed by atoms with Crippen LogP contribution in [-0.4, -0.2) is 38.0 Å². The maximum atomic E-state index is 12.6. The van der Waals surface area contributed by atoms with Crippen LogP contribution >= 0.6 is 0 Å². The molecule has 7 nitrogen and oxygen atoms in total. The summed E-state index contributed by atoms with van der Waals surface area (Å²) in [6, 6.07) is 11.6. The molecule has 0 radical (unpaired) electrons. The standard InChI is InChI=1S/C24H29NO6/c1-15(31-21(26)14-16-7-12-19(29-5)20(13-16)30-6)22(27)17-8-10-18(11-9-17)25-23(28)24(2,3)4/h7-13,15H,14H2,1-6H3,(H,25,28)/t15-/m1/s1. The van der Waals surface area contributed by atoms with E-state index in [2.05, 4.69) is 5.32 Å². The topological polar surface area (TPSA) is 90.9 Å². The van der Waals surface area contributed by atoms with Crippen molar-refractivity contribution in [1.82, 2.24) is 0 Å². The first kappa shape index (κ1) is 23.9. The molecular weight excluding hydrogens is 398 g/mol. The van der Waals surface area contributed by atoms with Gasteiger partial charge in [-0.1, -0.05) is 26.8 Å². The molecule has 0 spiro atoms. The third kappa shape index (κ3) is 6.57. The second kappa shape index (κ2) is 10.1. The zero-order valence-electron chi connectivity index (χ0n) is 18.8. The van der Waals surface area contributed by atoms with Crippen molar-refractivity contribution in [2.45, 2.75) is 40.2 Å². The van der Waals surface area contributed by atoms with Crippen molar-refractivity contribution < 1.29 is 28.6 Å². The molecule has 1 N–H and O–H groups in total. The Morgan fingerprint density at radius 2 is 1.55 bits per heavy atom. The molecule has 0 aliphatic carbocycles. The lowest BCUT2D eigenvalue weighted by atomic mass is 9.95. The Morgan fingerprint density at radius 1 is 0.935 bits per heavy atom. The zero-order chi connectivity index (χ0) is 23.2. The molecule has 0 aliphatic rings. The molecule has 31 heavy (non-hydrogen) atoms. The van der Waals surface area contributed by atoms with Crippen molar-refractivity contribution in [1.29, 1.82) is 0 Å². The van der Waals surface area contributed by atoms with Crippen LogP contribution < -0.4 is 14.8 Å². The molecule has 2 aromatic carbocycles. The molecule has 0 bridgehead atoms. The fourth-order valence-electron chi connectivity index (χ4n) is 2.72. The van der Waals surface area contributed by atoms with Crippen LogP contribution in [-0.2, 0) is 20.7 Å². The van der Waals surface area contributed by atoms with Gasteiger partial charge in [-0.3, -0.25) is 14.4 Å². The number of hydrogen-bond donors (Lipinski definition) is 1. The summed E-state index contributed by atoms with van der Waals surface area (Å²) in [6.45, 7) is 6.99. The fraction of sp³-hybridized carbons (Fsp3) is 0.375. The first-order valence-corrected chi connectivity index (χ1v) is 9.91. The number of ketones is 1. The normalized spacial score (nSPS) is 11.9. The average molecular weight is 427 g/mol. The van der Waals surface area contributed by atoms with Crippen LogP contribution in [0.3, 0.4) is 0 Å². The Morgan fingerprint density at radius 3 is 2.10 bits per heavy atom. The third-order valence-corrected chi connectivity index (χ3v) is 4.58. The van der Waals surface area contributed by atoms with E-state index in [-0.39, 0.29) is 18.1 Å². The lowest BCUT2D eigenvalue weighted by Crippen LogP contribution is -2.27. The third-order valence-electron chi connectivity index (χ3n) is 4.58. The number of carbonyl (C=O) groups is 3. The number of anilines is 1. The lowest BCUT2D eigenvalue weighted by molar-refractivity contribution is -0.145. The predicted molar refractivity (Wildman–Crippen MR) is 118 cm³/mol. The minimum atomic E-state index is -0.942. The molecule has 0 aromatic heterocycles. The number of Topliss-reactive ketones (excluding diaryl/α,β-unsaturated/α-hetero) is 1. The number of benzene rings is 2. The van der Waals surface area contributed by atoms with Gasteiger partial charge in [0.15, 0.2) is 17.6 Å². The second-order valence-electron chi connectivity index (χ2n) is 8.14. The van der Waals surface area contributed by atoms with Gasteiger partial charge < -0.3 is 19.5 Å². The number of hydrogen-bond acceptors (Lipinski definition) is 6. The smallest absolute Gasteiger partial charge is 0.310 e. The predicted octanol–water partition coefficient (Wildman–Crippen LogP) is 4.05. The summed E-state index contributed by atoms with van der Waals surface area (Å²) in [5.74, 6) is 0.0985. The van der Waals surface area contributed by atoms with E-state index in [9.17, 15) is 14.4 Å². The van der Waals surface area contributed by atoms with Crippen molar-refractivity contribution in [3.8, 4) is 11.5 Å². The number of ether oxygens (including phenoxy) is 3. The van der Waals surface area contributed by atoms with E-state index in [1.54, 1.807) is 42.5 Å². The summed E-state index contributed by atoms with van der Waals surface area (Å²) < 4.78 is 15.7. The van der Waals surface area contributed by atoms with Crippen LogP contribution in [0.5, 0.6) is 11.5 Å². The molecule has 0 aliphatic heterocycles. The van der Waals surface area contributed by atoms with E-state index < -0.39 is 17.5 Å². The van der Waals surface area contributed by atoms with Gasteiger partial charge in [0.25, 0.3) is 0 Å². The van der Waals surface area contributed by atoms with Crippen molar-refractivity contribution >= 4 is 23.3 Å². The highest BCUT2D eigenvalue weighted by Gasteiger charge is 2.22. The van der Waals surface area contributed by atoms with Gasteiger partial charge in [0.05, 0.1) is 20.6 Å². The highest BCUT2D eigenvalue weighted by Crippen LogP contribution is 2.28. The maximum Gasteiger partial charge on any atom is 0.310 e. The van der Waals surface area contributed by atoms with Crippen LogP contribution in [0.25, 0.3) is 0 Å². The summed E-state index contributed by atoms with van der Waals surface area (Å²) in [7, 11) is 3.05. The fourth-order valence-corrected chi connectivity index (χ4v) is 2.72. The zero-order valence-corrected chi connectivity index (χ0v) is 18.8. The molecule has 0 unspecified atom stereocenters. The van der Waals surface area contributed by atoms with E-state index >= 15 is 0 Å². The first-order chi connectivity index (χ1) is 14.5. The van der Waals surface area contributed by atoms with Crippen molar-refractivity contribution in [2.24, 2.45) is 5.41 Å². The van der Waals surface area contributed by atoms with E-state index in [1.807, 2.05) is 20.8 Å². The van der Waals surface area contributed by atoms with E-state index in [0.717, 1.165) is 0 Å². The molecule has 2 aromatic rings. The molecule has 7 heteroatoms. The maximum absolute atomic E-state index is 12.6. The van der Waals surface area contributed by atoms with Gasteiger partial charge in [0.1, 0.15) is 0 Å². The van der Waals surface area contributed by atoms with Gasteiger partial charge >= 0.3 is 5.97 Å². The van der Waals surface area contributed by atoms with Crippen LogP contribution in [0.2, 0.25) is 0 Å². The number of esters is 1. The Kier molecular flexibility index (Phi) is 7.80. The highest BCUT2D eigenvalue weighted by atomic mass is 16.5. The van der Waals surface area contributed by atoms with Gasteiger partial charge in [-0.2, -0.15) is 0 Å². The quantitative estimate of drug-likeness (QED) is 0.505. The molecule has 1 atom stereocenters. The lowest BCUT2D eigenvalue weighted by Gasteiger charge is -2.18. The molecule has 0 heterocycles. The minimum absolute atomic E-state index is 0.00422. The van der Waals surface area contributed by atoms with E-state index in [0.29, 0.717) is 28.3 Å². The van der Waals surface area contributed by atoms with Crippen LogP contribution in [0.15, 0.2) is 42.5 Å². The Labute approximate surface area is 182 Å². The Bertz CT molecular complexity index is 944. The first-order valence-electron chi connectivity index (χ1n) is 9.91. The number of methoxy groups -OCH3 is 2. The van der Waals surface area contributed by atoms with E-state index in [4.69, 9.17) is 14.2 Å².